The highest BCUT2D eigenvalue weighted by atomic mass is 32.2. The van der Waals surface area contributed by atoms with Crippen LogP contribution in [0.2, 0.25) is 0 Å². The maximum absolute atomic E-state index is 13.1. The molecule has 2 aromatic carbocycles. The highest BCUT2D eigenvalue weighted by molar-refractivity contribution is 7.98. The zero-order valence-electron chi connectivity index (χ0n) is 17.0. The van der Waals surface area contributed by atoms with E-state index in [1.54, 1.807) is 29.7 Å². The summed E-state index contributed by atoms with van der Waals surface area (Å²) in [6.07, 6.45) is 0.795. The number of aromatic nitrogens is 2. The highest BCUT2D eigenvalue weighted by Gasteiger charge is 2.17. The van der Waals surface area contributed by atoms with Gasteiger partial charge in [-0.3, -0.25) is 9.36 Å². The Bertz CT molecular complexity index is 1370. The molecule has 0 amide bonds. The number of phenolic OH excluding ortho intramolecular Hbond substituents is 1. The molecule has 0 unspecified atom stereocenters. The fourth-order valence-corrected chi connectivity index (χ4v) is 4.56. The number of benzene rings is 2. The third kappa shape index (κ3) is 3.50. The summed E-state index contributed by atoms with van der Waals surface area (Å²) in [6, 6.07) is 12.1. The number of fused-ring (bicyclic) bond motifs is 2. The van der Waals surface area contributed by atoms with Crippen molar-refractivity contribution in [2.24, 2.45) is 0 Å². The molecule has 0 saturated heterocycles. The minimum absolute atomic E-state index is 0.00566. The predicted molar refractivity (Wildman–Crippen MR) is 119 cm³/mol. The lowest BCUT2D eigenvalue weighted by Gasteiger charge is -2.18. The summed E-state index contributed by atoms with van der Waals surface area (Å²) in [7, 11) is 0. The standard InChI is InChI=1S/C23H22N2O4S/c1-4-13(2)25-22(28)17-7-5-6-8-18(17)24-23(25)30-12-15-11-20(27)29-21-14(3)19(26)10-9-16(15)21/h5-11,13,26H,4,12H2,1-3H3/t13-/m0/s1. The van der Waals surface area contributed by atoms with Crippen LogP contribution in [0.3, 0.4) is 0 Å². The van der Waals surface area contributed by atoms with E-state index in [4.69, 9.17) is 9.40 Å². The smallest absolute Gasteiger partial charge is 0.336 e. The van der Waals surface area contributed by atoms with Gasteiger partial charge >= 0.3 is 5.63 Å². The molecule has 0 radical (unpaired) electrons. The predicted octanol–water partition coefficient (Wildman–Crippen LogP) is 4.78. The quantitative estimate of drug-likeness (QED) is 0.283. The van der Waals surface area contributed by atoms with Crippen LogP contribution in [0, 0.1) is 6.92 Å². The summed E-state index contributed by atoms with van der Waals surface area (Å²) in [5.41, 5.74) is 1.80. The Morgan fingerprint density at radius 3 is 2.70 bits per heavy atom. The molecule has 4 aromatic rings. The van der Waals surface area contributed by atoms with Gasteiger partial charge in [0.25, 0.3) is 5.56 Å². The van der Waals surface area contributed by atoms with Crippen molar-refractivity contribution in [1.82, 2.24) is 9.55 Å². The molecule has 1 atom stereocenters. The van der Waals surface area contributed by atoms with Crippen LogP contribution in [0.5, 0.6) is 5.75 Å². The van der Waals surface area contributed by atoms with E-state index in [0.717, 1.165) is 17.4 Å². The Balaban J connectivity index is 1.82. The number of hydrogen-bond acceptors (Lipinski definition) is 6. The summed E-state index contributed by atoms with van der Waals surface area (Å²) in [6.45, 7) is 5.75. The van der Waals surface area contributed by atoms with Gasteiger partial charge in [0.2, 0.25) is 0 Å². The molecule has 7 heteroatoms. The Labute approximate surface area is 177 Å². The van der Waals surface area contributed by atoms with Gasteiger partial charge in [-0.05, 0) is 50.1 Å². The number of thioether (sulfide) groups is 1. The van der Waals surface area contributed by atoms with Crippen molar-refractivity contribution in [2.75, 3.05) is 0 Å². The van der Waals surface area contributed by atoms with Crippen LogP contribution in [-0.4, -0.2) is 14.7 Å². The van der Waals surface area contributed by atoms with Gasteiger partial charge in [0.05, 0.1) is 10.9 Å². The summed E-state index contributed by atoms with van der Waals surface area (Å²) in [5.74, 6) is 0.519. The topological polar surface area (TPSA) is 85.3 Å². The maximum atomic E-state index is 13.1. The lowest BCUT2D eigenvalue weighted by molar-refractivity contribution is 0.467. The first kappa shape index (κ1) is 20.2. The van der Waals surface area contributed by atoms with Gasteiger partial charge in [0.15, 0.2) is 5.16 Å². The van der Waals surface area contributed by atoms with Gasteiger partial charge in [-0.15, -0.1) is 0 Å². The maximum Gasteiger partial charge on any atom is 0.336 e. The lowest BCUT2D eigenvalue weighted by atomic mass is 10.1. The van der Waals surface area contributed by atoms with E-state index < -0.39 is 5.63 Å². The number of aromatic hydroxyl groups is 1. The van der Waals surface area contributed by atoms with E-state index in [2.05, 4.69) is 0 Å². The number of rotatable bonds is 5. The van der Waals surface area contributed by atoms with Gasteiger partial charge < -0.3 is 9.52 Å². The summed E-state index contributed by atoms with van der Waals surface area (Å²) < 4.78 is 7.06. The molecule has 2 aromatic heterocycles. The van der Waals surface area contributed by atoms with Crippen molar-refractivity contribution < 1.29 is 9.52 Å². The van der Waals surface area contributed by atoms with E-state index in [0.29, 0.717) is 33.0 Å². The fraction of sp³-hybridized carbons (Fsp3) is 0.261. The molecule has 0 bridgehead atoms. The van der Waals surface area contributed by atoms with Crippen LogP contribution in [0.1, 0.15) is 37.4 Å². The molecule has 0 aliphatic heterocycles. The highest BCUT2D eigenvalue weighted by Crippen LogP contribution is 2.31. The second-order valence-electron chi connectivity index (χ2n) is 7.31. The Morgan fingerprint density at radius 1 is 1.17 bits per heavy atom. The zero-order chi connectivity index (χ0) is 21.4. The molecule has 1 N–H and O–H groups in total. The van der Waals surface area contributed by atoms with Crippen molar-refractivity contribution in [3.05, 3.63) is 74.4 Å². The number of phenols is 1. The van der Waals surface area contributed by atoms with Gasteiger partial charge in [0, 0.05) is 28.8 Å². The molecule has 0 aliphatic rings. The molecule has 0 saturated carbocycles. The molecule has 0 fully saturated rings. The first-order valence-corrected chi connectivity index (χ1v) is 10.8. The van der Waals surface area contributed by atoms with Crippen LogP contribution < -0.4 is 11.2 Å². The third-order valence-corrected chi connectivity index (χ3v) is 6.38. The summed E-state index contributed by atoms with van der Waals surface area (Å²) >= 11 is 1.42. The molecular weight excluding hydrogens is 400 g/mol. The van der Waals surface area contributed by atoms with Crippen LogP contribution in [0.4, 0.5) is 0 Å². The second-order valence-corrected chi connectivity index (χ2v) is 8.25. The summed E-state index contributed by atoms with van der Waals surface area (Å²) in [5, 5.41) is 11.9. The summed E-state index contributed by atoms with van der Waals surface area (Å²) in [4.78, 5) is 30.0. The Morgan fingerprint density at radius 2 is 1.93 bits per heavy atom. The molecule has 2 heterocycles. The normalized spacial score (nSPS) is 12.5. The molecule has 0 spiro atoms. The first-order chi connectivity index (χ1) is 14.4. The second kappa shape index (κ2) is 7.99. The Hall–Kier alpha value is -3.06. The van der Waals surface area contributed by atoms with E-state index in [-0.39, 0.29) is 17.4 Å². The van der Waals surface area contributed by atoms with Gasteiger partial charge in [-0.25, -0.2) is 9.78 Å². The van der Waals surface area contributed by atoms with Crippen molar-refractivity contribution in [2.45, 2.75) is 44.1 Å². The minimum Gasteiger partial charge on any atom is -0.508 e. The van der Waals surface area contributed by atoms with Crippen LogP contribution in [0.15, 0.2) is 61.6 Å². The van der Waals surface area contributed by atoms with E-state index in [9.17, 15) is 14.7 Å². The largest absolute Gasteiger partial charge is 0.508 e. The van der Waals surface area contributed by atoms with Gasteiger partial charge in [0.1, 0.15) is 11.3 Å². The zero-order valence-corrected chi connectivity index (χ0v) is 17.8. The number of nitrogens with zero attached hydrogens (tertiary/aromatic N) is 2. The van der Waals surface area contributed by atoms with Crippen molar-refractivity contribution >= 4 is 33.6 Å². The number of aryl methyl sites for hydroxylation is 1. The van der Waals surface area contributed by atoms with Gasteiger partial charge in [-0.2, -0.15) is 0 Å². The first-order valence-electron chi connectivity index (χ1n) is 9.80. The average molecular weight is 423 g/mol. The SMILES string of the molecule is CC[C@H](C)n1c(SCc2cc(=O)oc3c(C)c(O)ccc23)nc2ccccc2c1=O. The van der Waals surface area contributed by atoms with Crippen molar-refractivity contribution in [1.29, 1.82) is 0 Å². The molecular formula is C23H22N2O4S. The molecule has 4 rings (SSSR count). The fourth-order valence-electron chi connectivity index (χ4n) is 3.48. The third-order valence-electron chi connectivity index (χ3n) is 5.38. The van der Waals surface area contributed by atoms with Crippen molar-refractivity contribution in [3.63, 3.8) is 0 Å². The molecule has 30 heavy (non-hydrogen) atoms. The average Bonchev–Trinajstić information content (AvgIpc) is 2.74. The monoisotopic (exact) mass is 422 g/mol. The van der Waals surface area contributed by atoms with E-state index in [1.165, 1.54) is 17.8 Å². The number of hydrogen-bond donors (Lipinski definition) is 1. The molecule has 6 nitrogen and oxygen atoms in total. The lowest BCUT2D eigenvalue weighted by Crippen LogP contribution is -2.26. The van der Waals surface area contributed by atoms with Crippen molar-refractivity contribution in [3.8, 4) is 5.75 Å². The van der Waals surface area contributed by atoms with Crippen LogP contribution in [-0.2, 0) is 5.75 Å². The molecule has 0 aliphatic carbocycles. The Kier molecular flexibility index (Phi) is 5.39. The van der Waals surface area contributed by atoms with E-state index in [1.807, 2.05) is 32.0 Å². The van der Waals surface area contributed by atoms with Crippen LogP contribution in [0.25, 0.3) is 21.9 Å². The van der Waals surface area contributed by atoms with Crippen LogP contribution >= 0.6 is 11.8 Å². The molecule has 154 valence electrons. The van der Waals surface area contributed by atoms with E-state index >= 15 is 0 Å². The minimum atomic E-state index is -0.474. The van der Waals surface area contributed by atoms with Gasteiger partial charge in [-0.1, -0.05) is 30.8 Å². The number of para-hydroxylation sites is 1.